The van der Waals surface area contributed by atoms with Gasteiger partial charge in [0.2, 0.25) is 0 Å². The topological polar surface area (TPSA) is 54.3 Å². The Bertz CT molecular complexity index is 658. The van der Waals surface area contributed by atoms with E-state index in [2.05, 4.69) is 35.1 Å². The van der Waals surface area contributed by atoms with E-state index in [1.165, 1.54) is 22.0 Å². The summed E-state index contributed by atoms with van der Waals surface area (Å²) in [6.45, 7) is 5.00. The summed E-state index contributed by atoms with van der Waals surface area (Å²) in [5, 5.41) is 13.5. The van der Waals surface area contributed by atoms with Crippen molar-refractivity contribution in [2.45, 2.75) is 45.8 Å². The van der Waals surface area contributed by atoms with Crippen molar-refractivity contribution in [2.75, 3.05) is 0 Å². The summed E-state index contributed by atoms with van der Waals surface area (Å²) in [5.41, 5.74) is 5.13. The van der Waals surface area contributed by atoms with Gasteiger partial charge in [-0.25, -0.2) is 0 Å². The molecule has 0 atom stereocenters. The van der Waals surface area contributed by atoms with Gasteiger partial charge in [-0.1, -0.05) is 6.92 Å². The summed E-state index contributed by atoms with van der Waals surface area (Å²) in [5.74, 6) is -0.732. The van der Waals surface area contributed by atoms with Gasteiger partial charge in [-0.2, -0.15) is 0 Å². The van der Waals surface area contributed by atoms with Crippen molar-refractivity contribution < 1.29 is 9.90 Å². The van der Waals surface area contributed by atoms with Crippen LogP contribution in [0.2, 0.25) is 0 Å². The second kappa shape index (κ2) is 5.29. The first-order chi connectivity index (χ1) is 9.69. The molecule has 0 fully saturated rings. The molecule has 2 aromatic rings. The molecular formula is C16H20N2O2. The highest BCUT2D eigenvalue weighted by Crippen LogP contribution is 2.28. The van der Waals surface area contributed by atoms with E-state index in [4.69, 9.17) is 5.11 Å². The van der Waals surface area contributed by atoms with Crippen LogP contribution in [0.25, 0.3) is 10.9 Å². The largest absolute Gasteiger partial charge is 0.481 e. The van der Waals surface area contributed by atoms with Gasteiger partial charge in [0.05, 0.1) is 0 Å². The van der Waals surface area contributed by atoms with Crippen molar-refractivity contribution in [1.82, 2.24) is 9.88 Å². The number of carbonyl (C=O) groups is 1. The van der Waals surface area contributed by atoms with Crippen molar-refractivity contribution in [3.8, 4) is 0 Å². The summed E-state index contributed by atoms with van der Waals surface area (Å²) < 4.78 is 2.27. The van der Waals surface area contributed by atoms with Crippen molar-refractivity contribution in [1.29, 1.82) is 0 Å². The summed E-state index contributed by atoms with van der Waals surface area (Å²) in [6.07, 6.45) is 4.02. The molecule has 106 valence electrons. The van der Waals surface area contributed by atoms with Gasteiger partial charge in [0, 0.05) is 43.2 Å². The maximum Gasteiger partial charge on any atom is 0.303 e. The smallest absolute Gasteiger partial charge is 0.303 e. The molecule has 0 bridgehead atoms. The fraction of sp³-hybridized carbons (Fsp3) is 0.438. The van der Waals surface area contributed by atoms with Gasteiger partial charge in [0.1, 0.15) is 0 Å². The molecule has 20 heavy (non-hydrogen) atoms. The molecule has 0 unspecified atom stereocenters. The van der Waals surface area contributed by atoms with Crippen LogP contribution in [0.4, 0.5) is 0 Å². The molecule has 1 aromatic carbocycles. The minimum Gasteiger partial charge on any atom is -0.481 e. The molecule has 2 heterocycles. The maximum atomic E-state index is 10.8. The molecule has 1 aromatic heterocycles. The van der Waals surface area contributed by atoms with Gasteiger partial charge in [-0.3, -0.25) is 4.79 Å². The fourth-order valence-corrected chi connectivity index (χ4v) is 3.03. The molecule has 0 spiro atoms. The predicted molar refractivity (Wildman–Crippen MR) is 78.7 cm³/mol. The number of fused-ring (bicyclic) bond motifs is 2. The zero-order chi connectivity index (χ0) is 14.1. The molecule has 3 rings (SSSR count). The summed E-state index contributed by atoms with van der Waals surface area (Å²) in [7, 11) is 0. The van der Waals surface area contributed by atoms with Gasteiger partial charge in [0.25, 0.3) is 0 Å². The standard InChI is InChI=1S/C16H20N2O2/c1-2-5-18-10-11(3-4-16(19)20)14-6-12-8-17-9-13(12)7-15(14)18/h6-7,10,17H,2-5,8-9H2,1H3,(H,19,20). The first-order valence-electron chi connectivity index (χ1n) is 7.25. The van der Waals surface area contributed by atoms with Crippen LogP contribution in [0.5, 0.6) is 0 Å². The number of carboxylic acid groups (broad SMARTS) is 1. The van der Waals surface area contributed by atoms with Crippen molar-refractivity contribution >= 4 is 16.9 Å². The number of aliphatic carboxylic acids is 1. The van der Waals surface area contributed by atoms with Crippen LogP contribution in [-0.4, -0.2) is 15.6 Å². The van der Waals surface area contributed by atoms with E-state index >= 15 is 0 Å². The van der Waals surface area contributed by atoms with E-state index in [9.17, 15) is 4.79 Å². The molecule has 1 aliphatic rings. The van der Waals surface area contributed by atoms with Gasteiger partial charge in [-0.15, -0.1) is 0 Å². The molecular weight excluding hydrogens is 252 g/mol. The van der Waals surface area contributed by atoms with Crippen molar-refractivity contribution in [3.63, 3.8) is 0 Å². The van der Waals surface area contributed by atoms with E-state index < -0.39 is 5.97 Å². The molecule has 0 radical (unpaired) electrons. The lowest BCUT2D eigenvalue weighted by molar-refractivity contribution is -0.136. The van der Waals surface area contributed by atoms with Gasteiger partial charge in [-0.05, 0) is 41.7 Å². The highest BCUT2D eigenvalue weighted by molar-refractivity contribution is 5.86. The third-order valence-corrected chi connectivity index (χ3v) is 3.99. The average Bonchev–Trinajstić information content (AvgIpc) is 2.99. The Morgan fingerprint density at radius 2 is 2.10 bits per heavy atom. The highest BCUT2D eigenvalue weighted by Gasteiger charge is 2.16. The third-order valence-electron chi connectivity index (χ3n) is 3.99. The van der Waals surface area contributed by atoms with Crippen LogP contribution in [0.3, 0.4) is 0 Å². The maximum absolute atomic E-state index is 10.8. The van der Waals surface area contributed by atoms with Crippen molar-refractivity contribution in [2.24, 2.45) is 0 Å². The number of nitrogens with one attached hydrogen (secondary N) is 1. The minimum atomic E-state index is -0.732. The van der Waals surface area contributed by atoms with Crippen LogP contribution >= 0.6 is 0 Å². The Kier molecular flexibility index (Phi) is 3.49. The number of aromatic nitrogens is 1. The van der Waals surface area contributed by atoms with Gasteiger partial charge in [0.15, 0.2) is 0 Å². The lowest BCUT2D eigenvalue weighted by atomic mass is 10.0. The van der Waals surface area contributed by atoms with E-state index in [0.717, 1.165) is 31.6 Å². The first-order valence-corrected chi connectivity index (χ1v) is 7.25. The molecule has 4 nitrogen and oxygen atoms in total. The Labute approximate surface area is 118 Å². The molecule has 1 aliphatic heterocycles. The number of hydrogen-bond donors (Lipinski definition) is 2. The van der Waals surface area contributed by atoms with Crippen LogP contribution in [-0.2, 0) is 30.8 Å². The van der Waals surface area contributed by atoms with Crippen LogP contribution in [0, 0.1) is 0 Å². The molecule has 0 saturated heterocycles. The number of rotatable bonds is 5. The Morgan fingerprint density at radius 3 is 2.80 bits per heavy atom. The first kappa shape index (κ1) is 13.2. The van der Waals surface area contributed by atoms with Crippen molar-refractivity contribution in [3.05, 3.63) is 35.0 Å². The second-order valence-corrected chi connectivity index (χ2v) is 5.48. The number of benzene rings is 1. The highest BCUT2D eigenvalue weighted by atomic mass is 16.4. The van der Waals surface area contributed by atoms with Crippen LogP contribution in [0.1, 0.15) is 36.5 Å². The quantitative estimate of drug-likeness (QED) is 0.880. The Morgan fingerprint density at radius 1 is 1.35 bits per heavy atom. The van der Waals surface area contributed by atoms with Crippen LogP contribution < -0.4 is 5.32 Å². The summed E-state index contributed by atoms with van der Waals surface area (Å²) in [6, 6.07) is 4.51. The number of nitrogens with zero attached hydrogens (tertiary/aromatic N) is 1. The Balaban J connectivity index is 2.07. The van der Waals surface area contributed by atoms with E-state index in [0.29, 0.717) is 6.42 Å². The van der Waals surface area contributed by atoms with E-state index in [1.807, 2.05) is 0 Å². The predicted octanol–water partition coefficient (Wildman–Crippen LogP) is 2.67. The molecule has 0 aliphatic carbocycles. The van der Waals surface area contributed by atoms with Gasteiger partial charge >= 0.3 is 5.97 Å². The molecule has 0 amide bonds. The summed E-state index contributed by atoms with van der Waals surface area (Å²) >= 11 is 0. The monoisotopic (exact) mass is 272 g/mol. The van der Waals surface area contributed by atoms with Gasteiger partial charge < -0.3 is 15.0 Å². The average molecular weight is 272 g/mol. The van der Waals surface area contributed by atoms with Crippen LogP contribution in [0.15, 0.2) is 18.3 Å². The lowest BCUT2D eigenvalue weighted by Gasteiger charge is -2.05. The number of aryl methyl sites for hydroxylation is 2. The third kappa shape index (κ3) is 2.31. The Hall–Kier alpha value is -1.81. The normalized spacial score (nSPS) is 13.8. The fourth-order valence-electron chi connectivity index (χ4n) is 3.03. The number of carboxylic acids is 1. The summed E-state index contributed by atoms with van der Waals surface area (Å²) in [4.78, 5) is 10.8. The van der Waals surface area contributed by atoms with E-state index in [1.54, 1.807) is 0 Å². The lowest BCUT2D eigenvalue weighted by Crippen LogP contribution is -2.00. The molecule has 4 heteroatoms. The second-order valence-electron chi connectivity index (χ2n) is 5.48. The SMILES string of the molecule is CCCn1cc(CCC(=O)O)c2cc3c(cc21)CNC3. The zero-order valence-corrected chi connectivity index (χ0v) is 11.8. The molecule has 2 N–H and O–H groups in total. The zero-order valence-electron chi connectivity index (χ0n) is 11.8. The minimum absolute atomic E-state index is 0.195. The number of hydrogen-bond acceptors (Lipinski definition) is 2. The molecule has 0 saturated carbocycles. The van der Waals surface area contributed by atoms with E-state index in [-0.39, 0.29) is 6.42 Å².